The Kier molecular flexibility index (Phi) is 6.68. The SMILES string of the molecule is O=C(NCC(=O)N1CCCN(c2ccc(F)cc2)CC1)c1ccc(N2CCCC2=O)cc1. The van der Waals surface area contributed by atoms with Crippen molar-refractivity contribution < 1.29 is 18.8 Å². The van der Waals surface area contributed by atoms with Crippen molar-refractivity contribution in [3.8, 4) is 0 Å². The Hall–Kier alpha value is -3.42. The summed E-state index contributed by atoms with van der Waals surface area (Å²) in [7, 11) is 0. The van der Waals surface area contributed by atoms with Crippen molar-refractivity contribution in [2.24, 2.45) is 0 Å². The predicted molar refractivity (Wildman–Crippen MR) is 120 cm³/mol. The van der Waals surface area contributed by atoms with Crippen LogP contribution in [-0.4, -0.2) is 61.9 Å². The molecule has 0 unspecified atom stereocenters. The predicted octanol–water partition coefficient (Wildman–Crippen LogP) is 2.42. The molecule has 0 atom stereocenters. The average Bonchev–Trinajstić information content (AvgIpc) is 3.09. The van der Waals surface area contributed by atoms with Crippen LogP contribution in [-0.2, 0) is 9.59 Å². The Balaban J connectivity index is 1.27. The first kappa shape index (κ1) is 21.8. The third kappa shape index (κ3) is 5.07. The zero-order valence-corrected chi connectivity index (χ0v) is 17.9. The summed E-state index contributed by atoms with van der Waals surface area (Å²) in [5.41, 5.74) is 2.18. The van der Waals surface area contributed by atoms with E-state index in [1.165, 1.54) is 12.1 Å². The summed E-state index contributed by atoms with van der Waals surface area (Å²) in [5.74, 6) is -0.613. The van der Waals surface area contributed by atoms with Crippen LogP contribution < -0.4 is 15.1 Å². The van der Waals surface area contributed by atoms with Gasteiger partial charge in [-0.25, -0.2) is 4.39 Å². The van der Waals surface area contributed by atoms with E-state index in [1.54, 1.807) is 46.2 Å². The molecule has 0 bridgehead atoms. The molecular weight excluding hydrogens is 411 g/mol. The van der Waals surface area contributed by atoms with Crippen LogP contribution in [0.1, 0.15) is 29.6 Å². The second kappa shape index (κ2) is 9.80. The van der Waals surface area contributed by atoms with Crippen LogP contribution in [0.4, 0.5) is 15.8 Å². The van der Waals surface area contributed by atoms with Gasteiger partial charge in [-0.15, -0.1) is 0 Å². The summed E-state index contributed by atoms with van der Waals surface area (Å²) in [6, 6.07) is 13.2. The van der Waals surface area contributed by atoms with E-state index >= 15 is 0 Å². The molecule has 1 N–H and O–H groups in total. The monoisotopic (exact) mass is 438 g/mol. The number of anilines is 2. The van der Waals surface area contributed by atoms with Gasteiger partial charge in [0.2, 0.25) is 11.8 Å². The van der Waals surface area contributed by atoms with Gasteiger partial charge in [0, 0.05) is 56.1 Å². The lowest BCUT2D eigenvalue weighted by Crippen LogP contribution is -2.42. The van der Waals surface area contributed by atoms with E-state index in [1.807, 2.05) is 0 Å². The Morgan fingerprint density at radius 1 is 0.844 bits per heavy atom. The largest absolute Gasteiger partial charge is 0.370 e. The van der Waals surface area contributed by atoms with Crippen molar-refractivity contribution in [1.29, 1.82) is 0 Å². The highest BCUT2D eigenvalue weighted by atomic mass is 19.1. The second-order valence-electron chi connectivity index (χ2n) is 8.08. The van der Waals surface area contributed by atoms with E-state index in [9.17, 15) is 18.8 Å². The lowest BCUT2D eigenvalue weighted by molar-refractivity contribution is -0.129. The molecule has 2 fully saturated rings. The van der Waals surface area contributed by atoms with E-state index in [4.69, 9.17) is 0 Å². The smallest absolute Gasteiger partial charge is 0.251 e. The van der Waals surface area contributed by atoms with Crippen LogP contribution >= 0.6 is 0 Å². The molecule has 2 aromatic rings. The summed E-state index contributed by atoms with van der Waals surface area (Å²) >= 11 is 0. The van der Waals surface area contributed by atoms with Gasteiger partial charge in [-0.3, -0.25) is 14.4 Å². The number of carbonyl (C=O) groups is 3. The summed E-state index contributed by atoms with van der Waals surface area (Å²) in [4.78, 5) is 42.6. The number of hydrogen-bond acceptors (Lipinski definition) is 4. The number of carbonyl (C=O) groups excluding carboxylic acids is 3. The van der Waals surface area contributed by atoms with Crippen molar-refractivity contribution in [3.05, 3.63) is 59.9 Å². The minimum absolute atomic E-state index is 0.0677. The van der Waals surface area contributed by atoms with E-state index in [0.29, 0.717) is 38.2 Å². The molecule has 2 aliphatic heterocycles. The zero-order valence-electron chi connectivity index (χ0n) is 17.9. The van der Waals surface area contributed by atoms with E-state index in [2.05, 4.69) is 10.2 Å². The number of halogens is 1. The first-order chi connectivity index (χ1) is 15.5. The number of amides is 3. The van der Waals surface area contributed by atoms with Crippen molar-refractivity contribution >= 4 is 29.1 Å². The molecule has 0 aromatic heterocycles. The quantitative estimate of drug-likeness (QED) is 0.778. The Bertz CT molecular complexity index is 978. The minimum Gasteiger partial charge on any atom is -0.370 e. The highest BCUT2D eigenvalue weighted by Gasteiger charge is 2.22. The maximum Gasteiger partial charge on any atom is 0.251 e. The van der Waals surface area contributed by atoms with E-state index < -0.39 is 0 Å². The van der Waals surface area contributed by atoms with Gasteiger partial charge in [0.1, 0.15) is 5.82 Å². The van der Waals surface area contributed by atoms with Gasteiger partial charge in [0.05, 0.1) is 6.54 Å². The summed E-state index contributed by atoms with van der Waals surface area (Å²) in [6.07, 6.45) is 2.21. The number of benzene rings is 2. The van der Waals surface area contributed by atoms with Gasteiger partial charge in [-0.05, 0) is 61.4 Å². The number of hydrogen-bond donors (Lipinski definition) is 1. The fraction of sp³-hybridized carbons (Fsp3) is 0.375. The lowest BCUT2D eigenvalue weighted by Gasteiger charge is -2.24. The van der Waals surface area contributed by atoms with Crippen LogP contribution in [0.3, 0.4) is 0 Å². The lowest BCUT2D eigenvalue weighted by atomic mass is 10.2. The number of nitrogens with one attached hydrogen (secondary N) is 1. The third-order valence-electron chi connectivity index (χ3n) is 5.96. The maximum atomic E-state index is 13.2. The van der Waals surface area contributed by atoms with Crippen LogP contribution in [0.25, 0.3) is 0 Å². The molecule has 0 saturated carbocycles. The molecule has 2 aromatic carbocycles. The molecule has 7 nitrogen and oxygen atoms in total. The standard InChI is InChI=1S/C24H27FN4O3/c25-19-6-10-20(11-7-19)27-12-2-13-28(16-15-27)23(31)17-26-24(32)18-4-8-21(9-5-18)29-14-1-3-22(29)30/h4-11H,1-3,12-17H2,(H,26,32). The molecular formula is C24H27FN4O3. The zero-order chi connectivity index (χ0) is 22.5. The molecule has 2 aliphatic rings. The highest BCUT2D eigenvalue weighted by Crippen LogP contribution is 2.21. The fourth-order valence-corrected chi connectivity index (χ4v) is 4.16. The van der Waals surface area contributed by atoms with Crippen LogP contribution in [0.15, 0.2) is 48.5 Å². The Morgan fingerprint density at radius 2 is 1.56 bits per heavy atom. The van der Waals surface area contributed by atoms with Gasteiger partial charge < -0.3 is 20.0 Å². The van der Waals surface area contributed by atoms with E-state index in [-0.39, 0.29) is 30.1 Å². The highest BCUT2D eigenvalue weighted by molar-refractivity contribution is 5.98. The molecule has 168 valence electrons. The molecule has 0 radical (unpaired) electrons. The van der Waals surface area contributed by atoms with Crippen molar-refractivity contribution in [3.63, 3.8) is 0 Å². The van der Waals surface area contributed by atoms with Crippen LogP contribution in [0, 0.1) is 5.82 Å². The molecule has 0 aliphatic carbocycles. The van der Waals surface area contributed by atoms with Gasteiger partial charge >= 0.3 is 0 Å². The summed E-state index contributed by atoms with van der Waals surface area (Å²) in [5, 5.41) is 2.70. The first-order valence-corrected chi connectivity index (χ1v) is 11.0. The minimum atomic E-state index is -0.319. The molecule has 2 heterocycles. The maximum absolute atomic E-state index is 13.2. The number of nitrogens with zero attached hydrogens (tertiary/aromatic N) is 3. The molecule has 0 spiro atoms. The normalized spacial score (nSPS) is 16.8. The Morgan fingerprint density at radius 3 is 2.25 bits per heavy atom. The van der Waals surface area contributed by atoms with Gasteiger partial charge in [0.15, 0.2) is 0 Å². The van der Waals surface area contributed by atoms with E-state index in [0.717, 1.165) is 30.8 Å². The summed E-state index contributed by atoms with van der Waals surface area (Å²) < 4.78 is 13.2. The van der Waals surface area contributed by atoms with Gasteiger partial charge in [0.25, 0.3) is 5.91 Å². The second-order valence-corrected chi connectivity index (χ2v) is 8.08. The van der Waals surface area contributed by atoms with Gasteiger partial charge in [-0.2, -0.15) is 0 Å². The Labute approximate surface area is 186 Å². The van der Waals surface area contributed by atoms with Gasteiger partial charge in [-0.1, -0.05) is 0 Å². The molecule has 3 amide bonds. The van der Waals surface area contributed by atoms with Crippen LogP contribution in [0.5, 0.6) is 0 Å². The average molecular weight is 439 g/mol. The molecule has 32 heavy (non-hydrogen) atoms. The molecule has 4 rings (SSSR count). The third-order valence-corrected chi connectivity index (χ3v) is 5.96. The van der Waals surface area contributed by atoms with Crippen molar-refractivity contribution in [1.82, 2.24) is 10.2 Å². The topological polar surface area (TPSA) is 73.0 Å². The van der Waals surface area contributed by atoms with Crippen molar-refractivity contribution in [2.75, 3.05) is 49.1 Å². The fourth-order valence-electron chi connectivity index (χ4n) is 4.16. The van der Waals surface area contributed by atoms with Crippen LogP contribution in [0.2, 0.25) is 0 Å². The molecule has 2 saturated heterocycles. The number of rotatable bonds is 5. The first-order valence-electron chi connectivity index (χ1n) is 11.0. The van der Waals surface area contributed by atoms with Crippen molar-refractivity contribution in [2.45, 2.75) is 19.3 Å². The molecule has 8 heteroatoms. The summed E-state index contributed by atoms with van der Waals surface area (Å²) in [6.45, 7) is 3.24.